The third-order valence-corrected chi connectivity index (χ3v) is 2.29. The Labute approximate surface area is 87.6 Å². The first kappa shape index (κ1) is 11.4. The molecule has 80 valence electrons. The SMILES string of the molecule is COCCNc1nc(CCOC)ns1. The summed E-state index contributed by atoms with van der Waals surface area (Å²) in [7, 11) is 3.34. The van der Waals surface area contributed by atoms with Crippen molar-refractivity contribution in [1.29, 1.82) is 0 Å². The second-order valence-corrected chi connectivity index (χ2v) is 3.43. The van der Waals surface area contributed by atoms with Gasteiger partial charge in [-0.3, -0.25) is 0 Å². The van der Waals surface area contributed by atoms with Crippen LogP contribution < -0.4 is 5.32 Å². The fraction of sp³-hybridized carbons (Fsp3) is 0.750. The molecule has 1 aromatic rings. The molecule has 0 saturated carbocycles. The third kappa shape index (κ3) is 3.99. The molecule has 0 aliphatic carbocycles. The van der Waals surface area contributed by atoms with E-state index in [-0.39, 0.29) is 0 Å². The highest BCUT2D eigenvalue weighted by Crippen LogP contribution is 2.10. The van der Waals surface area contributed by atoms with Crippen molar-refractivity contribution >= 4 is 16.7 Å². The summed E-state index contributed by atoms with van der Waals surface area (Å²) in [5.74, 6) is 0.830. The van der Waals surface area contributed by atoms with E-state index in [1.54, 1.807) is 14.2 Å². The lowest BCUT2D eigenvalue weighted by molar-refractivity contribution is 0.201. The number of nitrogens with one attached hydrogen (secondary N) is 1. The van der Waals surface area contributed by atoms with E-state index in [1.807, 2.05) is 0 Å². The Kier molecular flexibility index (Phi) is 5.43. The lowest BCUT2D eigenvalue weighted by atomic mass is 10.4. The van der Waals surface area contributed by atoms with E-state index in [4.69, 9.17) is 9.47 Å². The van der Waals surface area contributed by atoms with Gasteiger partial charge in [0.25, 0.3) is 0 Å². The van der Waals surface area contributed by atoms with Crippen LogP contribution in [0.3, 0.4) is 0 Å². The Bertz CT molecular complexity index is 254. The average Bonchev–Trinajstić information content (AvgIpc) is 2.63. The van der Waals surface area contributed by atoms with Gasteiger partial charge in [-0.15, -0.1) is 0 Å². The maximum atomic E-state index is 4.94. The van der Waals surface area contributed by atoms with E-state index in [2.05, 4.69) is 14.7 Å². The molecule has 0 spiro atoms. The first-order valence-electron chi connectivity index (χ1n) is 4.41. The Morgan fingerprint density at radius 2 is 2.07 bits per heavy atom. The minimum absolute atomic E-state index is 0.661. The smallest absolute Gasteiger partial charge is 0.202 e. The Morgan fingerprint density at radius 3 is 2.79 bits per heavy atom. The van der Waals surface area contributed by atoms with Crippen molar-refractivity contribution in [3.63, 3.8) is 0 Å². The van der Waals surface area contributed by atoms with E-state index < -0.39 is 0 Å². The summed E-state index contributed by atoms with van der Waals surface area (Å²) in [4.78, 5) is 4.28. The van der Waals surface area contributed by atoms with Gasteiger partial charge in [0.15, 0.2) is 0 Å². The quantitative estimate of drug-likeness (QED) is 0.684. The molecule has 14 heavy (non-hydrogen) atoms. The second kappa shape index (κ2) is 6.69. The summed E-state index contributed by atoms with van der Waals surface area (Å²) in [6.45, 7) is 2.09. The molecule has 0 saturated heterocycles. The number of hydrogen-bond donors (Lipinski definition) is 1. The van der Waals surface area contributed by atoms with E-state index in [0.29, 0.717) is 13.2 Å². The van der Waals surface area contributed by atoms with Gasteiger partial charge in [0, 0.05) is 38.7 Å². The highest BCUT2D eigenvalue weighted by molar-refractivity contribution is 7.09. The molecule has 1 N–H and O–H groups in total. The standard InChI is InChI=1S/C8H15N3O2S/c1-12-5-3-7-10-8(14-11-7)9-4-6-13-2/h3-6H2,1-2H3,(H,9,10,11). The van der Waals surface area contributed by atoms with Gasteiger partial charge in [-0.1, -0.05) is 0 Å². The number of aromatic nitrogens is 2. The first-order valence-corrected chi connectivity index (χ1v) is 5.18. The predicted octanol–water partition coefficient (Wildman–Crippen LogP) is 0.785. The largest absolute Gasteiger partial charge is 0.384 e. The number of methoxy groups -OCH3 is 2. The number of hydrogen-bond acceptors (Lipinski definition) is 6. The molecule has 1 rings (SSSR count). The van der Waals surface area contributed by atoms with Gasteiger partial charge < -0.3 is 14.8 Å². The van der Waals surface area contributed by atoms with Crippen LogP contribution in [0.1, 0.15) is 5.82 Å². The number of nitrogens with zero attached hydrogens (tertiary/aromatic N) is 2. The van der Waals surface area contributed by atoms with Gasteiger partial charge in [-0.25, -0.2) is 4.98 Å². The van der Waals surface area contributed by atoms with Crippen LogP contribution in [-0.2, 0) is 15.9 Å². The van der Waals surface area contributed by atoms with E-state index in [9.17, 15) is 0 Å². The minimum Gasteiger partial charge on any atom is -0.384 e. The third-order valence-electron chi connectivity index (χ3n) is 1.58. The molecule has 0 bridgehead atoms. The van der Waals surface area contributed by atoms with Crippen molar-refractivity contribution < 1.29 is 9.47 Å². The van der Waals surface area contributed by atoms with Crippen molar-refractivity contribution in [1.82, 2.24) is 9.36 Å². The van der Waals surface area contributed by atoms with Crippen LogP contribution in [0.15, 0.2) is 0 Å². The van der Waals surface area contributed by atoms with Crippen LogP contribution in [-0.4, -0.2) is 43.3 Å². The highest BCUT2D eigenvalue weighted by Gasteiger charge is 2.02. The lowest BCUT2D eigenvalue weighted by Crippen LogP contribution is -2.07. The van der Waals surface area contributed by atoms with E-state index >= 15 is 0 Å². The first-order chi connectivity index (χ1) is 6.86. The topological polar surface area (TPSA) is 56.3 Å². The molecule has 1 aromatic heterocycles. The van der Waals surface area contributed by atoms with Gasteiger partial charge in [0.2, 0.25) is 5.13 Å². The summed E-state index contributed by atoms with van der Waals surface area (Å²) < 4.78 is 14.0. The molecule has 0 fully saturated rings. The van der Waals surface area contributed by atoms with Crippen LogP contribution >= 0.6 is 11.5 Å². The van der Waals surface area contributed by atoms with Gasteiger partial charge in [-0.2, -0.15) is 4.37 Å². The lowest BCUT2D eigenvalue weighted by Gasteiger charge is -1.98. The Balaban J connectivity index is 2.27. The van der Waals surface area contributed by atoms with Crippen LogP contribution in [0.5, 0.6) is 0 Å². The number of ether oxygens (including phenoxy) is 2. The average molecular weight is 217 g/mol. The van der Waals surface area contributed by atoms with Crippen LogP contribution in [0.2, 0.25) is 0 Å². The molecular formula is C8H15N3O2S. The number of anilines is 1. The van der Waals surface area contributed by atoms with Crippen molar-refractivity contribution in [2.24, 2.45) is 0 Å². The van der Waals surface area contributed by atoms with E-state index in [1.165, 1.54) is 11.5 Å². The van der Waals surface area contributed by atoms with Gasteiger partial charge in [0.05, 0.1) is 13.2 Å². The van der Waals surface area contributed by atoms with Gasteiger partial charge in [-0.05, 0) is 0 Å². The molecule has 0 unspecified atom stereocenters. The summed E-state index contributed by atoms with van der Waals surface area (Å²) in [5.41, 5.74) is 0. The maximum Gasteiger partial charge on any atom is 0.202 e. The van der Waals surface area contributed by atoms with E-state index in [0.717, 1.165) is 23.9 Å². The molecule has 5 nitrogen and oxygen atoms in total. The van der Waals surface area contributed by atoms with Crippen LogP contribution in [0.25, 0.3) is 0 Å². The summed E-state index contributed by atoms with van der Waals surface area (Å²) >= 11 is 1.37. The van der Waals surface area contributed by atoms with Gasteiger partial charge in [0.1, 0.15) is 5.82 Å². The van der Waals surface area contributed by atoms with Crippen molar-refractivity contribution in [2.75, 3.05) is 39.3 Å². The molecule has 0 aliphatic heterocycles. The monoisotopic (exact) mass is 217 g/mol. The zero-order valence-corrected chi connectivity index (χ0v) is 9.26. The molecule has 0 aromatic carbocycles. The molecule has 0 atom stereocenters. The van der Waals surface area contributed by atoms with Crippen molar-refractivity contribution in [3.8, 4) is 0 Å². The van der Waals surface area contributed by atoms with Crippen LogP contribution in [0.4, 0.5) is 5.13 Å². The Morgan fingerprint density at radius 1 is 1.29 bits per heavy atom. The Hall–Kier alpha value is -0.720. The van der Waals surface area contributed by atoms with Crippen molar-refractivity contribution in [2.45, 2.75) is 6.42 Å². The molecule has 0 amide bonds. The summed E-state index contributed by atoms with van der Waals surface area (Å²) in [5, 5.41) is 3.96. The minimum atomic E-state index is 0.661. The molecular weight excluding hydrogens is 202 g/mol. The summed E-state index contributed by atoms with van der Waals surface area (Å²) in [6.07, 6.45) is 0.763. The predicted molar refractivity (Wildman–Crippen MR) is 55.9 cm³/mol. The molecule has 6 heteroatoms. The summed E-state index contributed by atoms with van der Waals surface area (Å²) in [6, 6.07) is 0. The second-order valence-electron chi connectivity index (χ2n) is 2.68. The zero-order chi connectivity index (χ0) is 10.2. The molecule has 0 radical (unpaired) electrons. The fourth-order valence-corrected chi connectivity index (χ4v) is 1.52. The maximum absolute atomic E-state index is 4.94. The molecule has 0 aliphatic rings. The van der Waals surface area contributed by atoms with Gasteiger partial charge >= 0.3 is 0 Å². The zero-order valence-electron chi connectivity index (χ0n) is 8.45. The highest BCUT2D eigenvalue weighted by atomic mass is 32.1. The fourth-order valence-electron chi connectivity index (χ4n) is 0.881. The van der Waals surface area contributed by atoms with Crippen LogP contribution in [0, 0.1) is 0 Å². The number of rotatable bonds is 7. The molecule has 1 heterocycles. The normalized spacial score (nSPS) is 10.4. The van der Waals surface area contributed by atoms with Crippen molar-refractivity contribution in [3.05, 3.63) is 5.82 Å².